The average Bonchev–Trinajstić information content (AvgIpc) is 3.04. The number of carbonyl (C=O) groups excluding carboxylic acids is 1. The van der Waals surface area contributed by atoms with Crippen LogP contribution in [0.3, 0.4) is 0 Å². The van der Waals surface area contributed by atoms with Gasteiger partial charge in [0.15, 0.2) is 15.4 Å². The second-order valence-electron chi connectivity index (χ2n) is 7.00. The molecular weight excluding hydrogens is 370 g/mol. The summed E-state index contributed by atoms with van der Waals surface area (Å²) >= 11 is 0. The van der Waals surface area contributed by atoms with Crippen molar-refractivity contribution in [2.45, 2.75) is 49.8 Å². The van der Waals surface area contributed by atoms with Crippen molar-refractivity contribution in [2.24, 2.45) is 0 Å². The van der Waals surface area contributed by atoms with Crippen molar-refractivity contribution in [3.63, 3.8) is 0 Å². The highest BCUT2D eigenvalue weighted by Crippen LogP contribution is 2.19. The molecule has 2 aromatic rings. The van der Waals surface area contributed by atoms with E-state index in [-0.39, 0.29) is 17.2 Å². The van der Waals surface area contributed by atoms with Crippen LogP contribution in [0.25, 0.3) is 0 Å². The van der Waals surface area contributed by atoms with Crippen LogP contribution in [0.5, 0.6) is 0 Å². The Balaban J connectivity index is 2.05. The van der Waals surface area contributed by atoms with Gasteiger partial charge >= 0.3 is 5.97 Å². The van der Waals surface area contributed by atoms with Crippen molar-refractivity contribution in [3.8, 4) is 0 Å². The Bertz CT molecular complexity index is 944. The Hall–Kier alpha value is -2.68. The molecule has 0 fully saturated rings. The summed E-state index contributed by atoms with van der Waals surface area (Å²) in [4.78, 5) is 23.6. The molecule has 2 N–H and O–H groups in total. The first-order valence-corrected chi connectivity index (χ1v) is 9.90. The first-order chi connectivity index (χ1) is 12.4. The topological polar surface area (TPSA) is 118 Å². The van der Waals surface area contributed by atoms with Crippen LogP contribution >= 0.6 is 0 Å². The van der Waals surface area contributed by atoms with Crippen molar-refractivity contribution in [1.29, 1.82) is 0 Å². The van der Waals surface area contributed by atoms with Gasteiger partial charge in [-0.15, -0.1) is 0 Å². The average molecular weight is 393 g/mol. The molecule has 0 spiro atoms. The van der Waals surface area contributed by atoms with Gasteiger partial charge in [0.05, 0.1) is 28.5 Å². The molecule has 0 aliphatic heterocycles. The Labute approximate surface area is 158 Å². The maximum Gasteiger partial charge on any atom is 0.331 e. The maximum absolute atomic E-state index is 12.2. The zero-order valence-electron chi connectivity index (χ0n) is 15.6. The largest absolute Gasteiger partial charge is 0.479 e. The Morgan fingerprint density at radius 2 is 1.81 bits per heavy atom. The number of hydrogen-bond donors (Lipinski definition) is 2. The minimum atomic E-state index is -3.35. The molecule has 0 saturated carbocycles. The molecule has 0 saturated heterocycles. The molecule has 146 valence electrons. The molecule has 9 heteroatoms. The highest BCUT2D eigenvalue weighted by molar-refractivity contribution is 7.92. The number of carbonyl (C=O) groups is 2. The van der Waals surface area contributed by atoms with Gasteiger partial charge in [0.1, 0.15) is 0 Å². The van der Waals surface area contributed by atoms with Crippen LogP contribution in [0.1, 0.15) is 33.3 Å². The number of sulfone groups is 1. The standard InChI is InChI=1S/C18H23N3O5S/c1-12(2)27(25,26)15-7-5-13(6-8-15)9-16(22)20-14-10-19-21(11-14)18(3,4)17(23)24/h5-8,10-12H,9H2,1-4H3,(H,20,22)(H,23,24). The molecule has 27 heavy (non-hydrogen) atoms. The van der Waals surface area contributed by atoms with Crippen LogP contribution in [0.4, 0.5) is 5.69 Å². The predicted molar refractivity (Wildman–Crippen MR) is 100 cm³/mol. The molecule has 1 aromatic carbocycles. The zero-order valence-corrected chi connectivity index (χ0v) is 16.4. The number of aliphatic carboxylic acids is 1. The number of anilines is 1. The van der Waals surface area contributed by atoms with Crippen LogP contribution in [0.15, 0.2) is 41.6 Å². The van der Waals surface area contributed by atoms with Crippen LogP contribution in [-0.2, 0) is 31.4 Å². The number of rotatable bonds is 7. The number of benzene rings is 1. The lowest BCUT2D eigenvalue weighted by molar-refractivity contribution is -0.146. The monoisotopic (exact) mass is 393 g/mol. The van der Waals surface area contributed by atoms with E-state index in [9.17, 15) is 23.1 Å². The third-order valence-corrected chi connectivity index (χ3v) is 6.37. The van der Waals surface area contributed by atoms with E-state index in [0.717, 1.165) is 0 Å². The molecule has 0 aliphatic carbocycles. The molecule has 1 aromatic heterocycles. The summed E-state index contributed by atoms with van der Waals surface area (Å²) in [5, 5.41) is 15.3. The molecule has 1 heterocycles. The van der Waals surface area contributed by atoms with Gasteiger partial charge < -0.3 is 10.4 Å². The number of nitrogens with zero attached hydrogens (tertiary/aromatic N) is 2. The normalized spacial score (nSPS) is 12.2. The lowest BCUT2D eigenvalue weighted by Crippen LogP contribution is -2.35. The lowest BCUT2D eigenvalue weighted by atomic mass is 10.1. The SMILES string of the molecule is CC(C)S(=O)(=O)c1ccc(CC(=O)Nc2cnn(C(C)(C)C(=O)O)c2)cc1. The van der Waals surface area contributed by atoms with Crippen LogP contribution in [0, 0.1) is 0 Å². The van der Waals surface area contributed by atoms with Gasteiger partial charge in [-0.25, -0.2) is 13.2 Å². The molecule has 2 rings (SSSR count). The van der Waals surface area contributed by atoms with Gasteiger partial charge in [0.25, 0.3) is 0 Å². The quantitative estimate of drug-likeness (QED) is 0.743. The summed E-state index contributed by atoms with van der Waals surface area (Å²) in [6.07, 6.45) is 2.88. The van der Waals surface area contributed by atoms with Crippen molar-refractivity contribution < 1.29 is 23.1 Å². The summed E-state index contributed by atoms with van der Waals surface area (Å²) < 4.78 is 25.5. The third-order valence-electron chi connectivity index (χ3n) is 4.20. The van der Waals surface area contributed by atoms with Crippen molar-refractivity contribution in [1.82, 2.24) is 9.78 Å². The van der Waals surface area contributed by atoms with E-state index in [2.05, 4.69) is 10.4 Å². The third kappa shape index (κ3) is 4.54. The number of hydrogen-bond acceptors (Lipinski definition) is 5. The van der Waals surface area contributed by atoms with Gasteiger partial charge in [0, 0.05) is 6.20 Å². The Morgan fingerprint density at radius 1 is 1.22 bits per heavy atom. The van der Waals surface area contributed by atoms with Crippen LogP contribution < -0.4 is 5.32 Å². The van der Waals surface area contributed by atoms with Crippen molar-refractivity contribution in [3.05, 3.63) is 42.2 Å². The second-order valence-corrected chi connectivity index (χ2v) is 9.50. The highest BCUT2D eigenvalue weighted by Gasteiger charge is 2.30. The number of nitrogens with one attached hydrogen (secondary N) is 1. The van der Waals surface area contributed by atoms with Gasteiger partial charge in [-0.1, -0.05) is 12.1 Å². The van der Waals surface area contributed by atoms with E-state index >= 15 is 0 Å². The van der Waals surface area contributed by atoms with E-state index in [1.165, 1.54) is 43.1 Å². The number of amides is 1. The molecule has 0 radical (unpaired) electrons. The van der Waals surface area contributed by atoms with Crippen LogP contribution in [0.2, 0.25) is 0 Å². The maximum atomic E-state index is 12.2. The summed E-state index contributed by atoms with van der Waals surface area (Å²) in [7, 11) is -3.35. The predicted octanol–water partition coefficient (Wildman–Crippen LogP) is 2.07. The minimum absolute atomic E-state index is 0.0511. The van der Waals surface area contributed by atoms with E-state index < -0.39 is 26.6 Å². The lowest BCUT2D eigenvalue weighted by Gasteiger charge is -2.19. The molecule has 1 amide bonds. The molecule has 0 atom stereocenters. The first-order valence-electron chi connectivity index (χ1n) is 8.36. The van der Waals surface area contributed by atoms with E-state index in [1.54, 1.807) is 26.0 Å². The van der Waals surface area contributed by atoms with E-state index in [1.807, 2.05) is 0 Å². The van der Waals surface area contributed by atoms with Crippen molar-refractivity contribution in [2.75, 3.05) is 5.32 Å². The van der Waals surface area contributed by atoms with Crippen molar-refractivity contribution >= 4 is 27.4 Å². The van der Waals surface area contributed by atoms with Gasteiger partial charge in [-0.2, -0.15) is 5.10 Å². The second kappa shape index (κ2) is 7.51. The molecule has 8 nitrogen and oxygen atoms in total. The van der Waals surface area contributed by atoms with Gasteiger partial charge in [0.2, 0.25) is 5.91 Å². The molecule has 0 unspecified atom stereocenters. The zero-order chi connectivity index (χ0) is 20.4. The molecular formula is C18H23N3O5S. The summed E-state index contributed by atoms with van der Waals surface area (Å²) in [5.74, 6) is -1.36. The van der Waals surface area contributed by atoms with Gasteiger partial charge in [-0.05, 0) is 45.4 Å². The highest BCUT2D eigenvalue weighted by atomic mass is 32.2. The molecule has 0 bridgehead atoms. The Morgan fingerprint density at radius 3 is 2.33 bits per heavy atom. The van der Waals surface area contributed by atoms with E-state index in [0.29, 0.717) is 11.3 Å². The minimum Gasteiger partial charge on any atom is -0.479 e. The summed E-state index contributed by atoms with van der Waals surface area (Å²) in [6, 6.07) is 6.19. The van der Waals surface area contributed by atoms with Crippen LogP contribution in [-0.4, -0.2) is 40.4 Å². The molecule has 0 aliphatic rings. The number of carboxylic acids is 1. The van der Waals surface area contributed by atoms with Gasteiger partial charge in [-0.3, -0.25) is 9.48 Å². The summed E-state index contributed by atoms with van der Waals surface area (Å²) in [5.41, 5.74) is -0.192. The first kappa shape index (κ1) is 20.6. The number of aromatic nitrogens is 2. The summed E-state index contributed by atoms with van der Waals surface area (Å²) in [6.45, 7) is 6.23. The smallest absolute Gasteiger partial charge is 0.331 e. The van der Waals surface area contributed by atoms with E-state index in [4.69, 9.17) is 0 Å². The number of carboxylic acid groups (broad SMARTS) is 1. The fourth-order valence-electron chi connectivity index (χ4n) is 2.25. The Kier molecular flexibility index (Phi) is 5.74. The fourth-order valence-corrected chi connectivity index (χ4v) is 3.31. The fraction of sp³-hybridized carbons (Fsp3) is 0.389.